The van der Waals surface area contributed by atoms with Gasteiger partial charge in [0.1, 0.15) is 5.75 Å². The number of hydrogen-bond acceptors (Lipinski definition) is 3. The summed E-state index contributed by atoms with van der Waals surface area (Å²) in [5.41, 5.74) is 1.14. The number of nitrogens with zero attached hydrogens (tertiary/aromatic N) is 1. The second kappa shape index (κ2) is 5.61. The normalized spacial score (nSPS) is 12.3. The molecule has 15 heavy (non-hydrogen) atoms. The molecule has 0 spiro atoms. The van der Waals surface area contributed by atoms with E-state index in [1.54, 1.807) is 7.11 Å². The first-order valence-electron chi connectivity index (χ1n) is 5.16. The van der Waals surface area contributed by atoms with Gasteiger partial charge >= 0.3 is 0 Å². The lowest BCUT2D eigenvalue weighted by Gasteiger charge is -2.20. The topological polar surface area (TPSA) is 32.7 Å². The fraction of sp³-hybridized carbons (Fsp3) is 0.500. The fourth-order valence-electron chi connectivity index (χ4n) is 1.35. The molecule has 1 aromatic carbocycles. The van der Waals surface area contributed by atoms with Crippen LogP contribution < -0.4 is 9.64 Å². The first-order chi connectivity index (χ1) is 7.13. The molecule has 1 rings (SSSR count). The molecular weight excluding hydrogens is 190 g/mol. The van der Waals surface area contributed by atoms with Gasteiger partial charge in [-0.1, -0.05) is 0 Å². The van der Waals surface area contributed by atoms with Crippen LogP contribution in [-0.2, 0) is 0 Å². The van der Waals surface area contributed by atoms with Crippen LogP contribution in [0.2, 0.25) is 0 Å². The molecule has 0 aliphatic rings. The fourth-order valence-corrected chi connectivity index (χ4v) is 1.35. The Kier molecular flexibility index (Phi) is 4.43. The quantitative estimate of drug-likeness (QED) is 0.804. The van der Waals surface area contributed by atoms with Crippen LogP contribution in [0.15, 0.2) is 24.3 Å². The van der Waals surface area contributed by atoms with Gasteiger partial charge in [-0.25, -0.2) is 0 Å². The lowest BCUT2D eigenvalue weighted by atomic mass is 10.2. The highest BCUT2D eigenvalue weighted by Crippen LogP contribution is 2.18. The molecule has 3 nitrogen and oxygen atoms in total. The maximum atomic E-state index is 9.18. The predicted octanol–water partition coefficient (Wildman–Crippen LogP) is 1.90. The maximum Gasteiger partial charge on any atom is 0.119 e. The second-order valence-corrected chi connectivity index (χ2v) is 3.76. The van der Waals surface area contributed by atoms with Gasteiger partial charge in [-0.15, -0.1) is 0 Å². The van der Waals surface area contributed by atoms with Crippen LogP contribution >= 0.6 is 0 Å². The summed E-state index contributed by atoms with van der Waals surface area (Å²) in [5.74, 6) is 0.864. The summed E-state index contributed by atoms with van der Waals surface area (Å²) in [4.78, 5) is 2.12. The third kappa shape index (κ3) is 3.80. The Morgan fingerprint density at radius 1 is 1.33 bits per heavy atom. The molecule has 0 fully saturated rings. The van der Waals surface area contributed by atoms with Crippen LogP contribution in [0.1, 0.15) is 13.3 Å². The number of methoxy groups -OCH3 is 1. The summed E-state index contributed by atoms with van der Waals surface area (Å²) >= 11 is 0. The van der Waals surface area contributed by atoms with Crippen molar-refractivity contribution in [2.24, 2.45) is 0 Å². The van der Waals surface area contributed by atoms with Crippen molar-refractivity contribution < 1.29 is 9.84 Å². The van der Waals surface area contributed by atoms with E-state index in [4.69, 9.17) is 4.74 Å². The van der Waals surface area contributed by atoms with E-state index in [2.05, 4.69) is 4.90 Å². The van der Waals surface area contributed by atoms with Crippen molar-refractivity contribution in [2.75, 3.05) is 25.6 Å². The lowest BCUT2D eigenvalue weighted by molar-refractivity contribution is 0.187. The monoisotopic (exact) mass is 209 g/mol. The molecule has 1 aromatic rings. The van der Waals surface area contributed by atoms with E-state index in [1.165, 1.54) is 0 Å². The van der Waals surface area contributed by atoms with E-state index in [1.807, 2.05) is 38.2 Å². The van der Waals surface area contributed by atoms with E-state index < -0.39 is 0 Å². The van der Waals surface area contributed by atoms with Gasteiger partial charge < -0.3 is 14.7 Å². The SMILES string of the molecule is COc1ccc(N(C)CCC(C)O)cc1. The van der Waals surface area contributed by atoms with E-state index in [9.17, 15) is 5.11 Å². The Morgan fingerprint density at radius 3 is 2.40 bits per heavy atom. The lowest BCUT2D eigenvalue weighted by Crippen LogP contribution is -2.21. The van der Waals surface area contributed by atoms with Crippen molar-refractivity contribution in [3.8, 4) is 5.75 Å². The van der Waals surface area contributed by atoms with E-state index in [-0.39, 0.29) is 6.10 Å². The van der Waals surface area contributed by atoms with Crippen LogP contribution in [0.5, 0.6) is 5.75 Å². The Morgan fingerprint density at radius 2 is 1.93 bits per heavy atom. The highest BCUT2D eigenvalue weighted by Gasteiger charge is 2.02. The minimum absolute atomic E-state index is 0.245. The van der Waals surface area contributed by atoms with Gasteiger partial charge in [0.15, 0.2) is 0 Å². The maximum absolute atomic E-state index is 9.18. The average Bonchev–Trinajstić information content (AvgIpc) is 2.26. The minimum Gasteiger partial charge on any atom is -0.497 e. The van der Waals surface area contributed by atoms with Gasteiger partial charge in [0.2, 0.25) is 0 Å². The molecule has 0 amide bonds. The molecule has 0 radical (unpaired) electrons. The molecule has 84 valence electrons. The number of rotatable bonds is 5. The summed E-state index contributed by atoms with van der Waals surface area (Å²) in [6.45, 7) is 2.66. The zero-order valence-corrected chi connectivity index (χ0v) is 9.60. The molecule has 1 N–H and O–H groups in total. The van der Waals surface area contributed by atoms with E-state index in [0.717, 1.165) is 24.4 Å². The Labute approximate surface area is 91.3 Å². The number of anilines is 1. The third-order valence-corrected chi connectivity index (χ3v) is 2.40. The smallest absolute Gasteiger partial charge is 0.119 e. The van der Waals surface area contributed by atoms with Gasteiger partial charge in [-0.2, -0.15) is 0 Å². The Bertz CT molecular complexity index is 282. The molecule has 0 aromatic heterocycles. The molecule has 1 unspecified atom stereocenters. The third-order valence-electron chi connectivity index (χ3n) is 2.40. The molecule has 0 aliphatic heterocycles. The van der Waals surface area contributed by atoms with Gasteiger partial charge in [0, 0.05) is 19.3 Å². The minimum atomic E-state index is -0.245. The number of aliphatic hydroxyl groups excluding tert-OH is 1. The summed E-state index contributed by atoms with van der Waals surface area (Å²) in [6, 6.07) is 7.91. The number of benzene rings is 1. The highest BCUT2D eigenvalue weighted by atomic mass is 16.5. The molecule has 0 saturated carbocycles. The molecule has 0 heterocycles. The van der Waals surface area contributed by atoms with Crippen molar-refractivity contribution in [2.45, 2.75) is 19.4 Å². The van der Waals surface area contributed by atoms with Crippen molar-refractivity contribution in [1.82, 2.24) is 0 Å². The summed E-state index contributed by atoms with van der Waals surface area (Å²) in [5, 5.41) is 9.18. The van der Waals surface area contributed by atoms with Crippen LogP contribution in [-0.4, -0.2) is 31.9 Å². The Hall–Kier alpha value is -1.22. The Balaban J connectivity index is 2.54. The van der Waals surface area contributed by atoms with Crippen LogP contribution in [0.25, 0.3) is 0 Å². The predicted molar refractivity (Wildman–Crippen MR) is 62.6 cm³/mol. The zero-order valence-electron chi connectivity index (χ0n) is 9.60. The first-order valence-corrected chi connectivity index (χ1v) is 5.16. The van der Waals surface area contributed by atoms with Gasteiger partial charge in [-0.3, -0.25) is 0 Å². The molecule has 0 bridgehead atoms. The standard InChI is InChI=1S/C12H19NO2/c1-10(14)8-9-13(2)11-4-6-12(15-3)7-5-11/h4-7,10,14H,8-9H2,1-3H3. The number of hydrogen-bond donors (Lipinski definition) is 1. The molecular formula is C12H19NO2. The number of aliphatic hydroxyl groups is 1. The van der Waals surface area contributed by atoms with Gasteiger partial charge in [-0.05, 0) is 37.6 Å². The summed E-state index contributed by atoms with van der Waals surface area (Å²) in [6.07, 6.45) is 0.536. The molecule has 0 saturated heterocycles. The molecule has 3 heteroatoms. The van der Waals surface area contributed by atoms with Crippen molar-refractivity contribution in [1.29, 1.82) is 0 Å². The van der Waals surface area contributed by atoms with Gasteiger partial charge in [0.05, 0.1) is 13.2 Å². The summed E-state index contributed by atoms with van der Waals surface area (Å²) < 4.78 is 5.09. The number of ether oxygens (including phenoxy) is 1. The first kappa shape index (κ1) is 11.9. The van der Waals surface area contributed by atoms with Crippen molar-refractivity contribution in [3.05, 3.63) is 24.3 Å². The van der Waals surface area contributed by atoms with Crippen LogP contribution in [0.4, 0.5) is 5.69 Å². The average molecular weight is 209 g/mol. The summed E-state index contributed by atoms with van der Waals surface area (Å²) in [7, 11) is 3.68. The van der Waals surface area contributed by atoms with Crippen molar-refractivity contribution in [3.63, 3.8) is 0 Å². The molecule has 1 atom stereocenters. The van der Waals surface area contributed by atoms with E-state index in [0.29, 0.717) is 0 Å². The largest absolute Gasteiger partial charge is 0.497 e. The van der Waals surface area contributed by atoms with E-state index >= 15 is 0 Å². The zero-order chi connectivity index (χ0) is 11.3. The highest BCUT2D eigenvalue weighted by molar-refractivity contribution is 5.48. The van der Waals surface area contributed by atoms with Gasteiger partial charge in [0.25, 0.3) is 0 Å². The van der Waals surface area contributed by atoms with Crippen LogP contribution in [0.3, 0.4) is 0 Å². The van der Waals surface area contributed by atoms with Crippen LogP contribution in [0, 0.1) is 0 Å². The van der Waals surface area contributed by atoms with Crippen molar-refractivity contribution >= 4 is 5.69 Å². The molecule has 0 aliphatic carbocycles. The second-order valence-electron chi connectivity index (χ2n) is 3.76.